The molecule has 2 rings (SSSR count). The minimum absolute atomic E-state index is 0. The Hall–Kier alpha value is -0.320. The van der Waals surface area contributed by atoms with Crippen LogP contribution in [0.4, 0.5) is 0 Å². The van der Waals surface area contributed by atoms with Gasteiger partial charge in [0.25, 0.3) is 0 Å². The zero-order valence-corrected chi connectivity index (χ0v) is 9.77. The quantitative estimate of drug-likeness (QED) is 0.798. The summed E-state index contributed by atoms with van der Waals surface area (Å²) in [6.07, 6.45) is 4.41. The van der Waals surface area contributed by atoms with Crippen molar-refractivity contribution in [2.75, 3.05) is 13.1 Å². The van der Waals surface area contributed by atoms with E-state index in [1.165, 1.54) is 12.8 Å². The lowest BCUT2D eigenvalue weighted by atomic mass is 9.95. The lowest BCUT2D eigenvalue weighted by molar-refractivity contribution is 0.453. The van der Waals surface area contributed by atoms with E-state index in [9.17, 15) is 0 Å². The maximum Gasteiger partial charge on any atom is 0.0858 e. The summed E-state index contributed by atoms with van der Waals surface area (Å²) in [6.45, 7) is 2.22. The van der Waals surface area contributed by atoms with E-state index in [0.29, 0.717) is 5.92 Å². The smallest absolute Gasteiger partial charge is 0.0858 e. The minimum atomic E-state index is 0. The minimum Gasteiger partial charge on any atom is -0.317 e. The Kier molecular flexibility index (Phi) is 6.08. The summed E-state index contributed by atoms with van der Waals surface area (Å²) >= 11 is 0. The van der Waals surface area contributed by atoms with Crippen LogP contribution < -0.4 is 5.32 Å². The molecule has 2 heterocycles. The van der Waals surface area contributed by atoms with Crippen molar-refractivity contribution < 1.29 is 0 Å². The molecule has 0 radical (unpaired) electrons. The monoisotopic (exact) mass is 238 g/mol. The molecule has 6 heteroatoms. The molecule has 14 heavy (non-hydrogen) atoms. The van der Waals surface area contributed by atoms with E-state index < -0.39 is 0 Å². The van der Waals surface area contributed by atoms with Crippen LogP contribution in [-0.4, -0.2) is 28.1 Å². The molecule has 1 aromatic rings. The second-order valence-corrected chi connectivity index (χ2v) is 3.34. The van der Waals surface area contributed by atoms with Gasteiger partial charge < -0.3 is 5.32 Å². The standard InChI is InChI=1S/C8H14N4.2ClH/c1-12-6-8(10-11-12)7-2-4-9-5-3-7;;/h6-7,9H,2-5H2,1H3;2*1H. The summed E-state index contributed by atoms with van der Waals surface area (Å²) in [5.74, 6) is 0.625. The molecule has 0 atom stereocenters. The van der Waals surface area contributed by atoms with Crippen molar-refractivity contribution >= 4 is 24.8 Å². The molecule has 4 nitrogen and oxygen atoms in total. The number of nitrogens with zero attached hydrogens (tertiary/aromatic N) is 3. The zero-order chi connectivity index (χ0) is 8.39. The summed E-state index contributed by atoms with van der Waals surface area (Å²) in [4.78, 5) is 0. The molecule has 82 valence electrons. The highest BCUT2D eigenvalue weighted by molar-refractivity contribution is 5.85. The number of aromatic nitrogens is 3. The molecular formula is C8H16Cl2N4. The van der Waals surface area contributed by atoms with Crippen LogP contribution in [0.5, 0.6) is 0 Å². The van der Waals surface area contributed by atoms with Crippen molar-refractivity contribution in [1.29, 1.82) is 0 Å². The molecule has 1 saturated heterocycles. The fourth-order valence-corrected chi connectivity index (χ4v) is 1.67. The van der Waals surface area contributed by atoms with Gasteiger partial charge in [0.15, 0.2) is 0 Å². The van der Waals surface area contributed by atoms with E-state index in [4.69, 9.17) is 0 Å². The Labute approximate surface area is 96.3 Å². The first-order valence-corrected chi connectivity index (χ1v) is 4.43. The van der Waals surface area contributed by atoms with Crippen LogP contribution in [0, 0.1) is 0 Å². The van der Waals surface area contributed by atoms with Crippen molar-refractivity contribution in [3.05, 3.63) is 11.9 Å². The summed E-state index contributed by atoms with van der Waals surface area (Å²) < 4.78 is 1.78. The van der Waals surface area contributed by atoms with E-state index in [2.05, 4.69) is 15.6 Å². The number of nitrogens with one attached hydrogen (secondary N) is 1. The fraction of sp³-hybridized carbons (Fsp3) is 0.750. The molecule has 0 spiro atoms. The van der Waals surface area contributed by atoms with Gasteiger partial charge in [-0.1, -0.05) is 5.21 Å². The Morgan fingerprint density at radius 2 is 2.00 bits per heavy atom. The summed E-state index contributed by atoms with van der Waals surface area (Å²) in [5, 5.41) is 11.4. The molecule has 1 aromatic heterocycles. The van der Waals surface area contributed by atoms with Gasteiger partial charge in [-0.3, -0.25) is 4.68 Å². The Balaban J connectivity index is 0.000000845. The van der Waals surface area contributed by atoms with Crippen LogP contribution in [0.25, 0.3) is 0 Å². The predicted molar refractivity (Wildman–Crippen MR) is 60.3 cm³/mol. The maximum atomic E-state index is 4.12. The molecule has 1 N–H and O–H groups in total. The molecular weight excluding hydrogens is 223 g/mol. The van der Waals surface area contributed by atoms with Crippen LogP contribution in [0.2, 0.25) is 0 Å². The molecule has 0 amide bonds. The number of hydrogen-bond donors (Lipinski definition) is 1. The lowest BCUT2D eigenvalue weighted by Gasteiger charge is -2.19. The highest BCUT2D eigenvalue weighted by Crippen LogP contribution is 2.22. The normalized spacial score (nSPS) is 16.9. The third-order valence-electron chi connectivity index (χ3n) is 2.38. The highest BCUT2D eigenvalue weighted by atomic mass is 35.5. The van der Waals surface area contributed by atoms with Crippen LogP contribution >= 0.6 is 24.8 Å². The number of halogens is 2. The molecule has 0 saturated carbocycles. The average Bonchev–Trinajstić information content (AvgIpc) is 2.54. The van der Waals surface area contributed by atoms with Gasteiger partial charge in [0.1, 0.15) is 0 Å². The van der Waals surface area contributed by atoms with Crippen LogP contribution in [-0.2, 0) is 7.05 Å². The number of hydrogen-bond acceptors (Lipinski definition) is 3. The third kappa shape index (κ3) is 3.12. The molecule has 1 aliphatic heterocycles. The molecule has 1 fully saturated rings. The van der Waals surface area contributed by atoms with Crippen LogP contribution in [0.15, 0.2) is 6.20 Å². The van der Waals surface area contributed by atoms with Gasteiger partial charge in [-0.25, -0.2) is 0 Å². The first-order chi connectivity index (χ1) is 5.86. The topological polar surface area (TPSA) is 42.7 Å². The van der Waals surface area contributed by atoms with Gasteiger partial charge in [0.05, 0.1) is 5.69 Å². The van der Waals surface area contributed by atoms with Gasteiger partial charge >= 0.3 is 0 Å². The van der Waals surface area contributed by atoms with Crippen LogP contribution in [0.1, 0.15) is 24.5 Å². The molecule has 0 unspecified atom stereocenters. The van der Waals surface area contributed by atoms with Gasteiger partial charge in [0.2, 0.25) is 0 Å². The first kappa shape index (κ1) is 13.7. The number of piperidine rings is 1. The summed E-state index contributed by atoms with van der Waals surface area (Å²) in [6, 6.07) is 0. The third-order valence-corrected chi connectivity index (χ3v) is 2.38. The molecule has 0 aliphatic carbocycles. The van der Waals surface area contributed by atoms with Crippen molar-refractivity contribution in [2.45, 2.75) is 18.8 Å². The Bertz CT molecular complexity index is 258. The van der Waals surface area contributed by atoms with E-state index in [1.807, 2.05) is 13.2 Å². The predicted octanol–water partition coefficient (Wildman–Crippen LogP) is 1.13. The fourth-order valence-electron chi connectivity index (χ4n) is 1.67. The number of aryl methyl sites for hydroxylation is 1. The second kappa shape index (κ2) is 6.22. The van der Waals surface area contributed by atoms with Crippen LogP contribution in [0.3, 0.4) is 0 Å². The van der Waals surface area contributed by atoms with Crippen molar-refractivity contribution in [1.82, 2.24) is 20.3 Å². The SMILES string of the molecule is Cl.Cl.Cn1cc(C2CCNCC2)nn1. The largest absolute Gasteiger partial charge is 0.317 e. The molecule has 1 aliphatic rings. The van der Waals surface area contributed by atoms with Gasteiger partial charge in [-0.15, -0.1) is 29.9 Å². The average molecular weight is 239 g/mol. The molecule has 0 aromatic carbocycles. The summed E-state index contributed by atoms with van der Waals surface area (Å²) in [7, 11) is 1.91. The van der Waals surface area contributed by atoms with E-state index in [0.717, 1.165) is 18.8 Å². The molecule has 0 bridgehead atoms. The van der Waals surface area contributed by atoms with Crippen molar-refractivity contribution in [3.8, 4) is 0 Å². The van der Waals surface area contributed by atoms with Crippen molar-refractivity contribution in [2.24, 2.45) is 7.05 Å². The van der Waals surface area contributed by atoms with Crippen molar-refractivity contribution in [3.63, 3.8) is 0 Å². The van der Waals surface area contributed by atoms with Gasteiger partial charge in [0, 0.05) is 19.2 Å². The van der Waals surface area contributed by atoms with Gasteiger partial charge in [-0.05, 0) is 25.9 Å². The van der Waals surface area contributed by atoms with Gasteiger partial charge in [-0.2, -0.15) is 0 Å². The first-order valence-electron chi connectivity index (χ1n) is 4.43. The Morgan fingerprint density at radius 1 is 1.36 bits per heavy atom. The lowest BCUT2D eigenvalue weighted by Crippen LogP contribution is -2.26. The zero-order valence-electron chi connectivity index (χ0n) is 8.14. The Morgan fingerprint density at radius 3 is 2.50 bits per heavy atom. The summed E-state index contributed by atoms with van der Waals surface area (Å²) in [5.41, 5.74) is 1.15. The number of rotatable bonds is 1. The highest BCUT2D eigenvalue weighted by Gasteiger charge is 2.17. The van der Waals surface area contributed by atoms with E-state index in [1.54, 1.807) is 4.68 Å². The second-order valence-electron chi connectivity index (χ2n) is 3.34. The van der Waals surface area contributed by atoms with E-state index >= 15 is 0 Å². The maximum absolute atomic E-state index is 4.12. The van der Waals surface area contributed by atoms with E-state index in [-0.39, 0.29) is 24.8 Å².